The smallest absolute Gasteiger partial charge is 0.338 e. The van der Waals surface area contributed by atoms with Crippen LogP contribution >= 0.6 is 0 Å². The summed E-state index contributed by atoms with van der Waals surface area (Å²) >= 11 is 0. The molecule has 5 rings (SSSR count). The maximum Gasteiger partial charge on any atom is 0.338 e. The standard InChI is InChI=1S/C7H2F4O3.4C7H5FO3/c8-2-1(7(13)14)6(12)5(11)4(10)3(2)9;8-4-1-2-6(9)5(3-4)7(10)11;8-4-1-2-5(7(10)11)6(9)3-4;8-4-2-1-3-5(9)6(4)7(10)11;8-5-3-1-2-4(6(5)9)7(10)11/h12H,(H,13,14);4*1-3,9H,(H,10,11)/p-5. The summed E-state index contributed by atoms with van der Waals surface area (Å²) in [5.41, 5.74) is -4.03. The first-order valence-corrected chi connectivity index (χ1v) is 14.4. The van der Waals surface area contributed by atoms with E-state index in [-0.39, 0.29) is 0 Å². The largest absolute Gasteiger partial charge is 0.872 e. The Hall–Kier alpha value is -8.11. The van der Waals surface area contributed by atoms with Crippen molar-refractivity contribution in [2.45, 2.75) is 0 Å². The summed E-state index contributed by atoms with van der Waals surface area (Å²) in [6.07, 6.45) is 0. The van der Waals surface area contributed by atoms with Crippen molar-refractivity contribution in [3.05, 3.63) is 147 Å². The number of carboxylic acid groups (broad SMARTS) is 5. The number of benzene rings is 5. The minimum absolute atomic E-state index is 0.411. The first-order chi connectivity index (χ1) is 26.8. The number of hydrogen-bond acceptors (Lipinski definition) is 10. The van der Waals surface area contributed by atoms with Crippen molar-refractivity contribution in [1.29, 1.82) is 0 Å². The SMILES string of the molecule is O=C(O)c1c([O-])c(F)c(F)c(F)c1F.O=C(O)c1c([O-])cccc1F.O=C(O)c1cc(F)ccc1[O-].O=C(O)c1ccc(F)cc1[O-].O=C(O)c1cccc(F)c1[O-]. The molecule has 0 aliphatic rings. The van der Waals surface area contributed by atoms with Crippen LogP contribution in [-0.4, -0.2) is 55.4 Å². The predicted octanol–water partition coefficient (Wildman–Crippen LogP) is 3.40. The molecule has 0 radical (unpaired) electrons. The van der Waals surface area contributed by atoms with Gasteiger partial charge < -0.3 is 51.1 Å². The van der Waals surface area contributed by atoms with Gasteiger partial charge in [-0.3, -0.25) is 0 Å². The molecule has 0 aliphatic heterocycles. The molecule has 0 bridgehead atoms. The zero-order chi connectivity index (χ0) is 44.8. The lowest BCUT2D eigenvalue weighted by Crippen LogP contribution is -2.13. The Morgan fingerprint density at radius 2 is 0.845 bits per heavy atom. The summed E-state index contributed by atoms with van der Waals surface area (Å²) in [5, 5.41) is 94.7. The lowest BCUT2D eigenvalue weighted by Gasteiger charge is -2.13. The van der Waals surface area contributed by atoms with Crippen molar-refractivity contribution >= 4 is 29.8 Å². The lowest BCUT2D eigenvalue weighted by atomic mass is 10.1. The molecule has 0 spiro atoms. The quantitative estimate of drug-likeness (QED) is 0.0963. The van der Waals surface area contributed by atoms with E-state index in [0.29, 0.717) is 12.1 Å². The van der Waals surface area contributed by atoms with Gasteiger partial charge in [-0.05, 0) is 48.5 Å². The van der Waals surface area contributed by atoms with E-state index in [2.05, 4.69) is 0 Å². The summed E-state index contributed by atoms with van der Waals surface area (Å²) in [6, 6.07) is 11.3. The number of rotatable bonds is 5. The third kappa shape index (κ3) is 13.0. The number of halogens is 8. The van der Waals surface area contributed by atoms with Crippen LogP contribution in [0.4, 0.5) is 35.1 Å². The number of carboxylic acids is 5. The average Bonchev–Trinajstić information content (AvgIpc) is 3.12. The van der Waals surface area contributed by atoms with Crippen molar-refractivity contribution in [2.75, 3.05) is 0 Å². The Kier molecular flexibility index (Phi) is 17.4. The van der Waals surface area contributed by atoms with E-state index in [1.165, 1.54) is 12.1 Å². The van der Waals surface area contributed by atoms with E-state index in [1.54, 1.807) is 0 Å². The van der Waals surface area contributed by atoms with E-state index in [9.17, 15) is 84.6 Å². The second kappa shape index (κ2) is 21.1. The summed E-state index contributed by atoms with van der Waals surface area (Å²) in [6.45, 7) is 0. The maximum atomic E-state index is 12.6. The van der Waals surface area contributed by atoms with Crippen molar-refractivity contribution in [1.82, 2.24) is 0 Å². The van der Waals surface area contributed by atoms with Gasteiger partial charge in [0, 0.05) is 0 Å². The Labute approximate surface area is 316 Å². The molecule has 0 unspecified atom stereocenters. The molecule has 0 aromatic heterocycles. The Morgan fingerprint density at radius 3 is 1.28 bits per heavy atom. The number of carbonyl (C=O) groups is 5. The number of aromatic carboxylic acids is 5. The number of para-hydroxylation sites is 1. The first kappa shape index (κ1) is 47.9. The third-order valence-electron chi connectivity index (χ3n) is 6.17. The van der Waals surface area contributed by atoms with E-state index in [4.69, 9.17) is 25.5 Å². The van der Waals surface area contributed by atoms with Crippen LogP contribution < -0.4 is 25.5 Å². The van der Waals surface area contributed by atoms with Gasteiger partial charge in [-0.25, -0.2) is 59.1 Å². The minimum atomic E-state index is -2.32. The summed E-state index contributed by atoms with van der Waals surface area (Å²) in [7, 11) is 0. The molecule has 5 N–H and O–H groups in total. The molecule has 0 heterocycles. The van der Waals surface area contributed by atoms with Crippen molar-refractivity contribution < 1.29 is 110 Å². The van der Waals surface area contributed by atoms with Gasteiger partial charge in [0.1, 0.15) is 23.3 Å². The van der Waals surface area contributed by atoms with Crippen LogP contribution in [0.1, 0.15) is 51.8 Å². The normalized spacial score (nSPS) is 9.72. The fourth-order valence-corrected chi connectivity index (χ4v) is 3.53. The van der Waals surface area contributed by atoms with E-state index in [1.807, 2.05) is 0 Å². The second-order valence-corrected chi connectivity index (χ2v) is 10.00. The summed E-state index contributed by atoms with van der Waals surface area (Å²) < 4.78 is 99.1. The van der Waals surface area contributed by atoms with Crippen LogP contribution in [0.25, 0.3) is 0 Å². The maximum absolute atomic E-state index is 12.6. The fraction of sp³-hybridized carbons (Fsp3) is 0. The molecule has 23 heteroatoms. The highest BCUT2D eigenvalue weighted by Gasteiger charge is 2.24. The van der Waals surface area contributed by atoms with Crippen LogP contribution in [-0.2, 0) is 0 Å². The lowest BCUT2D eigenvalue weighted by molar-refractivity contribution is -0.274. The van der Waals surface area contributed by atoms with Crippen LogP contribution in [0.3, 0.4) is 0 Å². The molecular formula is C35H17F8O15-5. The van der Waals surface area contributed by atoms with Crippen molar-refractivity contribution in [2.24, 2.45) is 0 Å². The van der Waals surface area contributed by atoms with Gasteiger partial charge in [0.2, 0.25) is 0 Å². The molecule has 308 valence electrons. The summed E-state index contributed by atoms with van der Waals surface area (Å²) in [5.74, 6) is -25.8. The summed E-state index contributed by atoms with van der Waals surface area (Å²) in [4.78, 5) is 51.0. The highest BCUT2D eigenvalue weighted by atomic mass is 19.2. The highest BCUT2D eigenvalue weighted by molar-refractivity contribution is 5.92. The van der Waals surface area contributed by atoms with Gasteiger partial charge in [-0.15, -0.1) is 0 Å². The third-order valence-corrected chi connectivity index (χ3v) is 6.17. The van der Waals surface area contributed by atoms with Gasteiger partial charge in [0.25, 0.3) is 0 Å². The van der Waals surface area contributed by atoms with E-state index >= 15 is 0 Å². The molecule has 5 aromatic carbocycles. The highest BCUT2D eigenvalue weighted by Crippen LogP contribution is 2.27. The zero-order valence-electron chi connectivity index (χ0n) is 27.8. The first-order valence-electron chi connectivity index (χ1n) is 14.4. The van der Waals surface area contributed by atoms with Crippen molar-refractivity contribution in [3.63, 3.8) is 0 Å². The minimum Gasteiger partial charge on any atom is -0.872 e. The Balaban J connectivity index is 0.000000364. The molecule has 0 saturated heterocycles. The Bertz CT molecular complexity index is 2290. The molecule has 5 aromatic rings. The monoisotopic (exact) mass is 829 g/mol. The molecule has 0 amide bonds. The molecule has 0 atom stereocenters. The van der Waals surface area contributed by atoms with Gasteiger partial charge >= 0.3 is 29.8 Å². The van der Waals surface area contributed by atoms with Crippen LogP contribution in [0.5, 0.6) is 28.7 Å². The second-order valence-electron chi connectivity index (χ2n) is 10.00. The molecule has 58 heavy (non-hydrogen) atoms. The average molecular weight is 829 g/mol. The topological polar surface area (TPSA) is 302 Å². The molecule has 0 fully saturated rings. The van der Waals surface area contributed by atoms with Crippen LogP contribution in [0.15, 0.2) is 72.8 Å². The molecule has 15 nitrogen and oxygen atoms in total. The van der Waals surface area contributed by atoms with E-state index < -0.39 is 133 Å². The zero-order valence-corrected chi connectivity index (χ0v) is 27.8. The Morgan fingerprint density at radius 1 is 0.379 bits per heavy atom. The predicted molar refractivity (Wildman–Crippen MR) is 164 cm³/mol. The van der Waals surface area contributed by atoms with Crippen LogP contribution in [0, 0.1) is 46.5 Å². The number of hydrogen-bond donors (Lipinski definition) is 5. The van der Waals surface area contributed by atoms with Crippen molar-refractivity contribution in [3.8, 4) is 28.7 Å². The molecule has 0 aliphatic carbocycles. The van der Waals surface area contributed by atoms with E-state index in [0.717, 1.165) is 48.5 Å². The van der Waals surface area contributed by atoms with Gasteiger partial charge in [-0.2, -0.15) is 0 Å². The fourth-order valence-electron chi connectivity index (χ4n) is 3.53. The molecule has 0 saturated carbocycles. The van der Waals surface area contributed by atoms with Gasteiger partial charge in [0.05, 0.1) is 27.8 Å². The molecular weight excluding hydrogens is 812 g/mol. The van der Waals surface area contributed by atoms with Gasteiger partial charge in [-0.1, -0.05) is 53.0 Å². The van der Waals surface area contributed by atoms with Gasteiger partial charge in [0.15, 0.2) is 23.3 Å². The van der Waals surface area contributed by atoms with Crippen LogP contribution in [0.2, 0.25) is 0 Å².